The number of ether oxygens (including phenoxy) is 1. The van der Waals surface area contributed by atoms with E-state index in [1.807, 2.05) is 24.3 Å². The van der Waals surface area contributed by atoms with Crippen molar-refractivity contribution >= 4 is 33.3 Å². The highest BCUT2D eigenvalue weighted by Crippen LogP contribution is 2.27. The van der Waals surface area contributed by atoms with Gasteiger partial charge >= 0.3 is 5.97 Å². The second kappa shape index (κ2) is 8.61. The quantitative estimate of drug-likeness (QED) is 0.599. The molecule has 1 heterocycles. The summed E-state index contributed by atoms with van der Waals surface area (Å²) in [6, 6.07) is 21.5. The minimum absolute atomic E-state index is 0.0117. The summed E-state index contributed by atoms with van der Waals surface area (Å²) in [6.07, 6.45) is 0.767. The predicted molar refractivity (Wildman–Crippen MR) is 116 cm³/mol. The standard InChI is InChI=1S/C23H20N2O5S/c26-22(25-15-14-17-6-4-5-9-21(17)25)16-30-23(27)18-10-12-20(13-11-18)31(28,29)24-19-7-2-1-3-8-19/h1-13,24H,14-16H2. The molecule has 158 valence electrons. The number of hydrogen-bond donors (Lipinski definition) is 1. The molecule has 0 radical (unpaired) electrons. The number of fused-ring (bicyclic) bond motifs is 1. The SMILES string of the molecule is O=C(OCC(=O)N1CCc2ccccc21)c1ccc(S(=O)(=O)Nc2ccccc2)cc1. The van der Waals surface area contributed by atoms with Crippen molar-refractivity contribution in [3.63, 3.8) is 0 Å². The zero-order valence-corrected chi connectivity index (χ0v) is 17.3. The molecule has 0 saturated carbocycles. The number of amides is 1. The number of nitrogens with one attached hydrogen (secondary N) is 1. The van der Waals surface area contributed by atoms with Gasteiger partial charge in [-0.25, -0.2) is 13.2 Å². The van der Waals surface area contributed by atoms with E-state index in [1.54, 1.807) is 35.2 Å². The second-order valence-corrected chi connectivity index (χ2v) is 8.68. The zero-order valence-electron chi connectivity index (χ0n) is 16.5. The van der Waals surface area contributed by atoms with Crippen LogP contribution in [0.1, 0.15) is 15.9 Å². The normalized spacial score (nSPS) is 12.8. The van der Waals surface area contributed by atoms with Crippen molar-refractivity contribution in [1.82, 2.24) is 0 Å². The molecule has 1 amide bonds. The highest BCUT2D eigenvalue weighted by atomic mass is 32.2. The van der Waals surface area contributed by atoms with Gasteiger partial charge in [-0.15, -0.1) is 0 Å². The van der Waals surface area contributed by atoms with E-state index in [9.17, 15) is 18.0 Å². The molecule has 0 aliphatic carbocycles. The van der Waals surface area contributed by atoms with Gasteiger partial charge in [0.25, 0.3) is 15.9 Å². The van der Waals surface area contributed by atoms with Crippen LogP contribution in [-0.2, 0) is 26.0 Å². The molecular weight excluding hydrogens is 416 g/mol. The Balaban J connectivity index is 1.37. The molecule has 0 atom stereocenters. The van der Waals surface area contributed by atoms with E-state index < -0.39 is 16.0 Å². The van der Waals surface area contributed by atoms with Gasteiger partial charge in [-0.2, -0.15) is 0 Å². The van der Waals surface area contributed by atoms with Gasteiger partial charge < -0.3 is 9.64 Å². The van der Waals surface area contributed by atoms with E-state index in [2.05, 4.69) is 4.72 Å². The lowest BCUT2D eigenvalue weighted by molar-refractivity contribution is -0.121. The Kier molecular flexibility index (Phi) is 5.73. The monoisotopic (exact) mass is 436 g/mol. The Labute approximate surface area is 180 Å². The first-order valence-electron chi connectivity index (χ1n) is 9.67. The third-order valence-corrected chi connectivity index (χ3v) is 6.34. The molecular formula is C23H20N2O5S. The summed E-state index contributed by atoms with van der Waals surface area (Å²) >= 11 is 0. The molecule has 3 aromatic carbocycles. The highest BCUT2D eigenvalue weighted by Gasteiger charge is 2.25. The number of hydrogen-bond acceptors (Lipinski definition) is 5. The third-order valence-electron chi connectivity index (χ3n) is 4.94. The smallest absolute Gasteiger partial charge is 0.338 e. The maximum Gasteiger partial charge on any atom is 0.338 e. The Morgan fingerprint density at radius 1 is 0.903 bits per heavy atom. The molecule has 1 aliphatic heterocycles. The summed E-state index contributed by atoms with van der Waals surface area (Å²) in [5.74, 6) is -0.995. The molecule has 3 aromatic rings. The van der Waals surface area contributed by atoms with E-state index in [0.717, 1.165) is 17.7 Å². The number of carbonyl (C=O) groups is 2. The van der Waals surface area contributed by atoms with Gasteiger partial charge in [-0.05, 0) is 54.4 Å². The fraction of sp³-hybridized carbons (Fsp3) is 0.130. The maximum absolute atomic E-state index is 12.5. The Hall–Kier alpha value is -3.65. The molecule has 4 rings (SSSR count). The van der Waals surface area contributed by atoms with Crippen LogP contribution in [0.2, 0.25) is 0 Å². The number of para-hydroxylation sites is 2. The number of esters is 1. The van der Waals surface area contributed by atoms with Crippen molar-refractivity contribution in [2.24, 2.45) is 0 Å². The summed E-state index contributed by atoms with van der Waals surface area (Å²) in [6.45, 7) is 0.166. The van der Waals surface area contributed by atoms with Gasteiger partial charge in [0.2, 0.25) is 0 Å². The number of anilines is 2. The van der Waals surface area contributed by atoms with Gasteiger partial charge in [0, 0.05) is 17.9 Å². The lowest BCUT2D eigenvalue weighted by atomic mass is 10.2. The Morgan fingerprint density at radius 3 is 2.32 bits per heavy atom. The first kappa shape index (κ1) is 20.6. The third kappa shape index (κ3) is 4.59. The molecule has 1 aliphatic rings. The van der Waals surface area contributed by atoms with E-state index >= 15 is 0 Å². The summed E-state index contributed by atoms with van der Waals surface area (Å²) in [4.78, 5) is 26.4. The van der Waals surface area contributed by atoms with Crippen LogP contribution in [-0.4, -0.2) is 33.4 Å². The lowest BCUT2D eigenvalue weighted by Gasteiger charge is -2.17. The highest BCUT2D eigenvalue weighted by molar-refractivity contribution is 7.92. The van der Waals surface area contributed by atoms with E-state index in [1.165, 1.54) is 24.3 Å². The summed E-state index contributed by atoms with van der Waals surface area (Å²) < 4.78 is 32.5. The number of rotatable bonds is 6. The topological polar surface area (TPSA) is 92.8 Å². The van der Waals surface area contributed by atoms with E-state index in [4.69, 9.17) is 4.74 Å². The van der Waals surface area contributed by atoms with E-state index in [-0.39, 0.29) is 23.0 Å². The maximum atomic E-state index is 12.5. The Morgan fingerprint density at radius 2 is 1.58 bits per heavy atom. The summed E-state index contributed by atoms with van der Waals surface area (Å²) in [7, 11) is -3.78. The van der Waals surface area contributed by atoms with Crippen LogP contribution in [0, 0.1) is 0 Å². The molecule has 8 heteroatoms. The van der Waals surface area contributed by atoms with Crippen molar-refractivity contribution in [2.75, 3.05) is 22.8 Å². The van der Waals surface area contributed by atoms with Crippen LogP contribution >= 0.6 is 0 Å². The van der Waals surface area contributed by atoms with Crippen LogP contribution in [0.5, 0.6) is 0 Å². The van der Waals surface area contributed by atoms with Gasteiger partial charge in [0.15, 0.2) is 6.61 Å². The minimum atomic E-state index is -3.78. The number of sulfonamides is 1. The summed E-state index contributed by atoms with van der Waals surface area (Å²) in [5, 5.41) is 0. The van der Waals surface area contributed by atoms with Crippen molar-refractivity contribution in [2.45, 2.75) is 11.3 Å². The number of carbonyl (C=O) groups excluding carboxylic acids is 2. The van der Waals surface area contributed by atoms with E-state index in [0.29, 0.717) is 12.2 Å². The van der Waals surface area contributed by atoms with Crippen molar-refractivity contribution in [3.8, 4) is 0 Å². The fourth-order valence-electron chi connectivity index (χ4n) is 3.38. The van der Waals surface area contributed by atoms with Crippen LogP contribution in [0.3, 0.4) is 0 Å². The predicted octanol–water partition coefficient (Wildman–Crippen LogP) is 3.23. The summed E-state index contributed by atoms with van der Waals surface area (Å²) in [5.41, 5.74) is 2.52. The van der Waals surface area contributed by atoms with Crippen LogP contribution in [0.15, 0.2) is 83.8 Å². The van der Waals surface area contributed by atoms with Crippen LogP contribution < -0.4 is 9.62 Å². The minimum Gasteiger partial charge on any atom is -0.452 e. The molecule has 0 fully saturated rings. The average Bonchev–Trinajstić information content (AvgIpc) is 3.22. The molecule has 0 unspecified atom stereocenters. The molecule has 0 bridgehead atoms. The largest absolute Gasteiger partial charge is 0.452 e. The van der Waals surface area contributed by atoms with Crippen LogP contribution in [0.25, 0.3) is 0 Å². The fourth-order valence-corrected chi connectivity index (χ4v) is 4.43. The van der Waals surface area contributed by atoms with Gasteiger partial charge in [-0.3, -0.25) is 9.52 Å². The van der Waals surface area contributed by atoms with Crippen LogP contribution in [0.4, 0.5) is 11.4 Å². The molecule has 1 N–H and O–H groups in total. The average molecular weight is 436 g/mol. The van der Waals surface area contributed by atoms with Crippen molar-refractivity contribution in [1.29, 1.82) is 0 Å². The molecule has 0 saturated heterocycles. The van der Waals surface area contributed by atoms with Gasteiger partial charge in [0.05, 0.1) is 10.5 Å². The first-order chi connectivity index (χ1) is 14.9. The molecule has 7 nitrogen and oxygen atoms in total. The zero-order chi connectivity index (χ0) is 21.8. The number of nitrogens with zero attached hydrogens (tertiary/aromatic N) is 1. The first-order valence-corrected chi connectivity index (χ1v) is 11.2. The number of benzene rings is 3. The molecule has 0 spiro atoms. The van der Waals surface area contributed by atoms with Gasteiger partial charge in [0.1, 0.15) is 0 Å². The second-order valence-electron chi connectivity index (χ2n) is 7.00. The van der Waals surface area contributed by atoms with Gasteiger partial charge in [-0.1, -0.05) is 36.4 Å². The lowest BCUT2D eigenvalue weighted by Crippen LogP contribution is -2.33. The van der Waals surface area contributed by atoms with Crippen molar-refractivity contribution in [3.05, 3.63) is 90.0 Å². The molecule has 31 heavy (non-hydrogen) atoms. The Bertz CT molecular complexity index is 1210. The van der Waals surface area contributed by atoms with Crippen molar-refractivity contribution < 1.29 is 22.7 Å². The molecule has 0 aromatic heterocycles.